The predicted molar refractivity (Wildman–Crippen MR) is 122 cm³/mol. The lowest BCUT2D eigenvalue weighted by atomic mass is 9.97. The third-order valence-corrected chi connectivity index (χ3v) is 6.80. The summed E-state index contributed by atoms with van der Waals surface area (Å²) >= 11 is 1.50. The summed E-state index contributed by atoms with van der Waals surface area (Å²) in [7, 11) is 0. The fourth-order valence-electron chi connectivity index (χ4n) is 3.67. The van der Waals surface area contributed by atoms with Crippen molar-refractivity contribution in [2.45, 2.75) is 39.2 Å². The van der Waals surface area contributed by atoms with E-state index in [2.05, 4.69) is 10.3 Å². The van der Waals surface area contributed by atoms with Crippen LogP contribution in [-0.2, 0) is 11.3 Å². The standard InChI is InChI=1S/C24H27N3O4S/c1-16-5-6-19(12-17(16)2)31-14-22(28)27-9-7-18(8-10-27)24-26-21(15-32-24)23(29)25-13-20-4-3-11-30-20/h3-6,11-12,15,18H,7-10,13-14H2,1-2H3,(H,25,29). The number of thiazole rings is 1. The van der Waals surface area contributed by atoms with Crippen LogP contribution in [0.15, 0.2) is 46.4 Å². The van der Waals surface area contributed by atoms with Gasteiger partial charge >= 0.3 is 0 Å². The molecule has 0 unspecified atom stereocenters. The second kappa shape index (κ2) is 9.99. The summed E-state index contributed by atoms with van der Waals surface area (Å²) in [5, 5.41) is 5.56. The molecule has 1 saturated heterocycles. The fourth-order valence-corrected chi connectivity index (χ4v) is 4.64. The van der Waals surface area contributed by atoms with Crippen molar-refractivity contribution in [2.24, 2.45) is 0 Å². The molecule has 8 heteroatoms. The van der Waals surface area contributed by atoms with E-state index < -0.39 is 0 Å². The van der Waals surface area contributed by atoms with Gasteiger partial charge in [-0.05, 0) is 62.1 Å². The minimum absolute atomic E-state index is 0.00110. The van der Waals surface area contributed by atoms with Gasteiger partial charge < -0.3 is 19.4 Å². The van der Waals surface area contributed by atoms with Crippen molar-refractivity contribution in [3.8, 4) is 5.75 Å². The number of rotatable bonds is 7. The molecule has 168 valence electrons. The SMILES string of the molecule is Cc1ccc(OCC(=O)N2CCC(c3nc(C(=O)NCc4ccco4)cs3)CC2)cc1C. The molecule has 0 bridgehead atoms. The first-order valence-corrected chi connectivity index (χ1v) is 11.6. The number of hydrogen-bond donors (Lipinski definition) is 1. The molecule has 1 N–H and O–H groups in total. The van der Waals surface area contributed by atoms with Crippen LogP contribution >= 0.6 is 11.3 Å². The van der Waals surface area contributed by atoms with Gasteiger partial charge in [0.05, 0.1) is 17.8 Å². The summed E-state index contributed by atoms with van der Waals surface area (Å²) in [4.78, 5) is 31.3. The lowest BCUT2D eigenvalue weighted by Crippen LogP contribution is -2.40. The highest BCUT2D eigenvalue weighted by molar-refractivity contribution is 7.09. The highest BCUT2D eigenvalue weighted by Crippen LogP contribution is 2.30. The van der Waals surface area contributed by atoms with Gasteiger partial charge in [0.15, 0.2) is 6.61 Å². The molecule has 2 aromatic heterocycles. The summed E-state index contributed by atoms with van der Waals surface area (Å²) in [5.41, 5.74) is 2.77. The Balaban J connectivity index is 1.24. The Morgan fingerprint density at radius 3 is 2.75 bits per heavy atom. The van der Waals surface area contributed by atoms with Crippen molar-refractivity contribution in [1.29, 1.82) is 0 Å². The highest BCUT2D eigenvalue weighted by atomic mass is 32.1. The Bertz CT molecular complexity index is 1070. The summed E-state index contributed by atoms with van der Waals surface area (Å²) in [6, 6.07) is 9.45. The largest absolute Gasteiger partial charge is 0.484 e. The maximum absolute atomic E-state index is 12.6. The molecule has 1 fully saturated rings. The van der Waals surface area contributed by atoms with Crippen molar-refractivity contribution in [2.75, 3.05) is 19.7 Å². The summed E-state index contributed by atoms with van der Waals surface area (Å²) < 4.78 is 10.9. The number of aryl methyl sites for hydroxylation is 2. The average Bonchev–Trinajstić information content (AvgIpc) is 3.51. The predicted octanol–water partition coefficient (Wildman–Crippen LogP) is 4.07. The molecule has 0 saturated carbocycles. The monoisotopic (exact) mass is 453 g/mol. The van der Waals surface area contributed by atoms with Gasteiger partial charge in [-0.25, -0.2) is 4.98 Å². The van der Waals surface area contributed by atoms with Crippen LogP contribution in [0.3, 0.4) is 0 Å². The highest BCUT2D eigenvalue weighted by Gasteiger charge is 2.26. The number of piperidine rings is 1. The van der Waals surface area contributed by atoms with E-state index in [1.807, 2.05) is 43.0 Å². The molecule has 3 heterocycles. The minimum Gasteiger partial charge on any atom is -0.484 e. The van der Waals surface area contributed by atoms with E-state index in [0.29, 0.717) is 31.1 Å². The third kappa shape index (κ3) is 5.37. The molecule has 2 amide bonds. The van der Waals surface area contributed by atoms with E-state index in [4.69, 9.17) is 9.15 Å². The first kappa shape index (κ1) is 22.1. The van der Waals surface area contributed by atoms with E-state index in [9.17, 15) is 9.59 Å². The van der Waals surface area contributed by atoms with Crippen molar-refractivity contribution in [3.63, 3.8) is 0 Å². The number of ether oxygens (including phenoxy) is 1. The number of carbonyl (C=O) groups is 2. The van der Waals surface area contributed by atoms with E-state index in [1.165, 1.54) is 16.9 Å². The van der Waals surface area contributed by atoms with Crippen LogP contribution in [0.2, 0.25) is 0 Å². The summed E-state index contributed by atoms with van der Waals surface area (Å²) in [5.74, 6) is 1.47. The zero-order valence-electron chi connectivity index (χ0n) is 18.3. The lowest BCUT2D eigenvalue weighted by Gasteiger charge is -2.31. The van der Waals surface area contributed by atoms with E-state index in [1.54, 1.807) is 17.7 Å². The molecule has 1 aliphatic heterocycles. The number of nitrogens with one attached hydrogen (secondary N) is 1. The first-order chi connectivity index (χ1) is 15.5. The summed E-state index contributed by atoms with van der Waals surface area (Å²) in [6.07, 6.45) is 3.24. The number of carbonyl (C=O) groups excluding carboxylic acids is 2. The third-order valence-electron chi connectivity index (χ3n) is 5.80. The topological polar surface area (TPSA) is 84.7 Å². The Morgan fingerprint density at radius 1 is 1.22 bits per heavy atom. The maximum atomic E-state index is 12.6. The van der Waals surface area contributed by atoms with Gasteiger partial charge in [-0.2, -0.15) is 0 Å². The number of likely N-dealkylation sites (tertiary alicyclic amines) is 1. The minimum atomic E-state index is -0.208. The second-order valence-corrected chi connectivity index (χ2v) is 8.91. The van der Waals surface area contributed by atoms with E-state index in [-0.39, 0.29) is 24.3 Å². The molecule has 0 aliphatic carbocycles. The molecule has 32 heavy (non-hydrogen) atoms. The van der Waals surface area contributed by atoms with Crippen molar-refractivity contribution in [1.82, 2.24) is 15.2 Å². The Morgan fingerprint density at radius 2 is 2.03 bits per heavy atom. The van der Waals surface area contributed by atoms with Crippen LogP contribution in [0.1, 0.15) is 51.1 Å². The van der Waals surface area contributed by atoms with Crippen LogP contribution in [0.5, 0.6) is 5.75 Å². The molecule has 0 spiro atoms. The van der Waals surface area contributed by atoms with Crippen molar-refractivity contribution in [3.05, 3.63) is 69.6 Å². The van der Waals surface area contributed by atoms with Crippen molar-refractivity contribution >= 4 is 23.2 Å². The Kier molecular flexibility index (Phi) is 6.90. The van der Waals surface area contributed by atoms with Gasteiger partial charge in [0.25, 0.3) is 11.8 Å². The number of hydrogen-bond acceptors (Lipinski definition) is 6. The molecule has 7 nitrogen and oxygen atoms in total. The first-order valence-electron chi connectivity index (χ1n) is 10.7. The normalized spacial score (nSPS) is 14.4. The quantitative estimate of drug-likeness (QED) is 0.583. The second-order valence-electron chi connectivity index (χ2n) is 8.02. The van der Waals surface area contributed by atoms with Gasteiger partial charge in [-0.3, -0.25) is 9.59 Å². The van der Waals surface area contributed by atoms with Gasteiger partial charge in [-0.15, -0.1) is 11.3 Å². The molecule has 3 aromatic rings. The van der Waals surface area contributed by atoms with Gasteiger partial charge in [0.1, 0.15) is 17.2 Å². The van der Waals surface area contributed by atoms with Gasteiger partial charge in [0, 0.05) is 24.4 Å². The molecular weight excluding hydrogens is 426 g/mol. The number of nitrogens with zero attached hydrogens (tertiary/aromatic N) is 2. The molecular formula is C24H27N3O4S. The van der Waals surface area contributed by atoms with Crippen LogP contribution in [0, 0.1) is 13.8 Å². The molecule has 0 radical (unpaired) electrons. The van der Waals surface area contributed by atoms with Crippen LogP contribution in [-0.4, -0.2) is 41.4 Å². The Hall–Kier alpha value is -3.13. The van der Waals surface area contributed by atoms with E-state index >= 15 is 0 Å². The molecule has 1 aromatic carbocycles. The van der Waals surface area contributed by atoms with Gasteiger partial charge in [-0.1, -0.05) is 6.07 Å². The zero-order valence-corrected chi connectivity index (χ0v) is 19.1. The smallest absolute Gasteiger partial charge is 0.271 e. The van der Waals surface area contributed by atoms with Crippen LogP contribution in [0.25, 0.3) is 0 Å². The number of furan rings is 1. The van der Waals surface area contributed by atoms with Crippen LogP contribution in [0.4, 0.5) is 0 Å². The Labute approximate surface area is 191 Å². The maximum Gasteiger partial charge on any atom is 0.271 e. The fraction of sp³-hybridized carbons (Fsp3) is 0.375. The van der Waals surface area contributed by atoms with Crippen molar-refractivity contribution < 1.29 is 18.7 Å². The molecule has 4 rings (SSSR count). The molecule has 1 aliphatic rings. The number of aromatic nitrogens is 1. The van der Waals surface area contributed by atoms with E-state index in [0.717, 1.165) is 29.2 Å². The zero-order chi connectivity index (χ0) is 22.5. The number of amides is 2. The summed E-state index contributed by atoms with van der Waals surface area (Å²) in [6.45, 7) is 5.79. The van der Waals surface area contributed by atoms with Crippen LogP contribution < -0.4 is 10.1 Å². The number of benzene rings is 1. The van der Waals surface area contributed by atoms with Gasteiger partial charge in [0.2, 0.25) is 0 Å². The average molecular weight is 454 g/mol. The molecule has 0 atom stereocenters. The lowest BCUT2D eigenvalue weighted by molar-refractivity contribution is -0.134.